The van der Waals surface area contributed by atoms with Crippen molar-refractivity contribution in [1.29, 1.82) is 0 Å². The zero-order valence-corrected chi connectivity index (χ0v) is 12.6. The summed E-state index contributed by atoms with van der Waals surface area (Å²) >= 11 is 5.86. The number of halogens is 1. The largest absolute Gasteiger partial charge is 0.399 e. The molecule has 5 nitrogen and oxygen atoms in total. The Morgan fingerprint density at radius 3 is 2.47 bits per heavy atom. The highest BCUT2D eigenvalue weighted by atomic mass is 35.5. The smallest absolute Gasteiger partial charge is 0.242 e. The highest BCUT2D eigenvalue weighted by Crippen LogP contribution is 2.24. The maximum Gasteiger partial charge on any atom is 0.242 e. The summed E-state index contributed by atoms with van der Waals surface area (Å²) in [4.78, 5) is -0.0799. The fourth-order valence-electron chi connectivity index (χ4n) is 1.53. The zero-order chi connectivity index (χ0) is 14.7. The van der Waals surface area contributed by atoms with Gasteiger partial charge in [0.05, 0.1) is 10.6 Å². The maximum absolute atomic E-state index is 12.1. The maximum atomic E-state index is 12.1. The van der Waals surface area contributed by atoms with Crippen LogP contribution in [-0.2, 0) is 10.0 Å². The van der Waals surface area contributed by atoms with Gasteiger partial charge in [-0.2, -0.15) is 0 Å². The molecule has 1 aromatic carbocycles. The third-order valence-corrected chi connectivity index (χ3v) is 5.04. The van der Waals surface area contributed by atoms with Crippen molar-refractivity contribution in [2.45, 2.75) is 37.2 Å². The number of benzene rings is 1. The summed E-state index contributed by atoms with van der Waals surface area (Å²) in [6, 6.07) is 4.24. The van der Waals surface area contributed by atoms with Gasteiger partial charge in [-0.25, -0.2) is 13.1 Å². The van der Waals surface area contributed by atoms with Crippen molar-refractivity contribution in [1.82, 2.24) is 4.72 Å². The van der Waals surface area contributed by atoms with Crippen LogP contribution in [0.2, 0.25) is 5.02 Å². The Labute approximate surface area is 118 Å². The Morgan fingerprint density at radius 2 is 1.95 bits per heavy atom. The summed E-state index contributed by atoms with van der Waals surface area (Å²) in [5, 5.41) is 10.2. The molecule has 0 amide bonds. The Kier molecular flexibility index (Phi) is 5.20. The highest BCUT2D eigenvalue weighted by Gasteiger charge is 2.26. The molecule has 0 radical (unpaired) electrons. The molecule has 1 rings (SSSR count). The van der Waals surface area contributed by atoms with E-state index in [9.17, 15) is 13.5 Å². The molecule has 0 aliphatic carbocycles. The summed E-state index contributed by atoms with van der Waals surface area (Å²) in [5.41, 5.74) is 4.81. The van der Waals surface area contributed by atoms with E-state index in [0.717, 1.165) is 0 Å². The van der Waals surface area contributed by atoms with E-state index in [4.69, 9.17) is 17.3 Å². The number of sulfonamides is 1. The molecule has 108 valence electrons. The Balaban J connectivity index is 2.96. The van der Waals surface area contributed by atoms with Gasteiger partial charge in [-0.15, -0.1) is 0 Å². The number of nitrogen functional groups attached to an aromatic ring is 1. The zero-order valence-electron chi connectivity index (χ0n) is 11.0. The van der Waals surface area contributed by atoms with Crippen molar-refractivity contribution in [3.05, 3.63) is 23.2 Å². The normalized spacial score (nSPS) is 12.6. The van der Waals surface area contributed by atoms with E-state index in [-0.39, 0.29) is 16.5 Å². The molecule has 0 unspecified atom stereocenters. The number of anilines is 1. The monoisotopic (exact) mass is 306 g/mol. The number of hydrogen-bond donors (Lipinski definition) is 3. The molecule has 0 fully saturated rings. The molecule has 19 heavy (non-hydrogen) atoms. The van der Waals surface area contributed by atoms with Crippen LogP contribution in [-0.4, -0.2) is 25.7 Å². The summed E-state index contributed by atoms with van der Waals surface area (Å²) < 4.78 is 26.6. The molecule has 0 bridgehead atoms. The molecule has 0 saturated heterocycles. The van der Waals surface area contributed by atoms with Gasteiger partial charge in [-0.05, 0) is 31.0 Å². The van der Waals surface area contributed by atoms with Gasteiger partial charge >= 0.3 is 0 Å². The van der Waals surface area contributed by atoms with Crippen LogP contribution in [0.3, 0.4) is 0 Å². The topological polar surface area (TPSA) is 92.4 Å². The number of nitrogens with one attached hydrogen (secondary N) is 1. The minimum Gasteiger partial charge on any atom is -0.399 e. The molecule has 0 heterocycles. The van der Waals surface area contributed by atoms with Crippen LogP contribution >= 0.6 is 11.6 Å². The third-order valence-electron chi connectivity index (χ3n) is 3.15. The lowest BCUT2D eigenvalue weighted by Crippen LogP contribution is -2.42. The molecule has 4 N–H and O–H groups in total. The van der Waals surface area contributed by atoms with E-state index in [1.165, 1.54) is 18.2 Å². The van der Waals surface area contributed by atoms with E-state index in [1.54, 1.807) is 13.8 Å². The van der Waals surface area contributed by atoms with Gasteiger partial charge < -0.3 is 10.8 Å². The van der Waals surface area contributed by atoms with Gasteiger partial charge in [-0.3, -0.25) is 0 Å². The van der Waals surface area contributed by atoms with Crippen molar-refractivity contribution >= 4 is 27.3 Å². The predicted molar refractivity (Wildman–Crippen MR) is 76.6 cm³/mol. The second-order valence-electron chi connectivity index (χ2n) is 4.45. The Morgan fingerprint density at radius 1 is 1.37 bits per heavy atom. The van der Waals surface area contributed by atoms with Gasteiger partial charge in [-0.1, -0.05) is 25.4 Å². The lowest BCUT2D eigenvalue weighted by molar-refractivity contribution is 0.0377. The molecule has 0 aliphatic heterocycles. The fraction of sp³-hybridized carbons (Fsp3) is 0.500. The number of hydrogen-bond acceptors (Lipinski definition) is 4. The second kappa shape index (κ2) is 6.09. The van der Waals surface area contributed by atoms with Crippen LogP contribution in [0.1, 0.15) is 26.7 Å². The Bertz CT molecular complexity index is 542. The van der Waals surface area contributed by atoms with Crippen LogP contribution in [0.4, 0.5) is 5.69 Å². The molecule has 0 aliphatic rings. The van der Waals surface area contributed by atoms with E-state index in [1.807, 2.05) is 0 Å². The first-order valence-corrected chi connectivity index (χ1v) is 7.87. The van der Waals surface area contributed by atoms with E-state index < -0.39 is 15.6 Å². The minimum absolute atomic E-state index is 0.0620. The first kappa shape index (κ1) is 16.2. The van der Waals surface area contributed by atoms with Gasteiger partial charge in [0.25, 0.3) is 0 Å². The average molecular weight is 307 g/mol. The first-order chi connectivity index (χ1) is 8.74. The van der Waals surface area contributed by atoms with Crippen molar-refractivity contribution in [2.75, 3.05) is 12.3 Å². The molecule has 1 aromatic rings. The molecule has 0 atom stereocenters. The highest BCUT2D eigenvalue weighted by molar-refractivity contribution is 7.89. The van der Waals surface area contributed by atoms with E-state index in [2.05, 4.69) is 4.72 Å². The van der Waals surface area contributed by atoms with Gasteiger partial charge in [0, 0.05) is 12.2 Å². The SMILES string of the molecule is CCC(O)(CC)CNS(=O)(=O)c1cc(N)ccc1Cl. The van der Waals surface area contributed by atoms with Gasteiger partial charge in [0.2, 0.25) is 10.0 Å². The van der Waals surface area contributed by atoms with Crippen molar-refractivity contribution in [3.8, 4) is 0 Å². The lowest BCUT2D eigenvalue weighted by Gasteiger charge is -2.25. The van der Waals surface area contributed by atoms with E-state index >= 15 is 0 Å². The number of nitrogens with two attached hydrogens (primary N) is 1. The van der Waals surface area contributed by atoms with Gasteiger partial charge in [0.15, 0.2) is 0 Å². The summed E-state index contributed by atoms with van der Waals surface area (Å²) in [7, 11) is -3.79. The van der Waals surface area contributed by atoms with Crippen molar-refractivity contribution in [2.24, 2.45) is 0 Å². The quantitative estimate of drug-likeness (QED) is 0.698. The summed E-state index contributed by atoms with van der Waals surface area (Å²) in [5.74, 6) is 0. The van der Waals surface area contributed by atoms with Gasteiger partial charge in [0.1, 0.15) is 4.90 Å². The molecule has 0 aromatic heterocycles. The molecule has 7 heteroatoms. The summed E-state index contributed by atoms with van der Waals surface area (Å²) in [6.45, 7) is 3.53. The third kappa shape index (κ3) is 4.07. The molecular weight excluding hydrogens is 288 g/mol. The summed E-state index contributed by atoms with van der Waals surface area (Å²) in [6.07, 6.45) is 0.910. The average Bonchev–Trinajstić information content (AvgIpc) is 2.39. The standard InChI is InChI=1S/C12H19ClN2O3S/c1-3-12(16,4-2)8-15-19(17,18)11-7-9(14)5-6-10(11)13/h5-7,15-16H,3-4,8,14H2,1-2H3. The van der Waals surface area contributed by atoms with E-state index in [0.29, 0.717) is 18.5 Å². The number of aliphatic hydroxyl groups is 1. The van der Waals surface area contributed by atoms with Crippen LogP contribution in [0.25, 0.3) is 0 Å². The number of rotatable bonds is 6. The minimum atomic E-state index is -3.79. The second-order valence-corrected chi connectivity index (χ2v) is 6.59. The molecule has 0 spiro atoms. The molecular formula is C12H19ClN2O3S. The van der Waals surface area contributed by atoms with Crippen LogP contribution in [0, 0.1) is 0 Å². The van der Waals surface area contributed by atoms with Crippen molar-refractivity contribution in [3.63, 3.8) is 0 Å². The lowest BCUT2D eigenvalue weighted by atomic mass is 9.98. The van der Waals surface area contributed by atoms with Crippen LogP contribution in [0.5, 0.6) is 0 Å². The van der Waals surface area contributed by atoms with Crippen molar-refractivity contribution < 1.29 is 13.5 Å². The van der Waals surface area contributed by atoms with Crippen LogP contribution < -0.4 is 10.5 Å². The predicted octanol–water partition coefficient (Wildman–Crippen LogP) is 1.75. The fourth-order valence-corrected chi connectivity index (χ4v) is 3.19. The molecule has 0 saturated carbocycles. The Hall–Kier alpha value is -0.820. The van der Waals surface area contributed by atoms with Crippen LogP contribution in [0.15, 0.2) is 23.1 Å². The first-order valence-electron chi connectivity index (χ1n) is 6.01.